The number of ether oxygens (including phenoxy) is 1. The molecule has 1 saturated heterocycles. The Kier molecular flexibility index (Phi) is 4.57. The zero-order valence-electron chi connectivity index (χ0n) is 12.1. The molecule has 1 unspecified atom stereocenters. The van der Waals surface area contributed by atoms with E-state index in [0.717, 1.165) is 5.56 Å². The third kappa shape index (κ3) is 3.39. The molecule has 1 aromatic rings. The molecular weight excluding hydrogens is 272 g/mol. The van der Waals surface area contributed by atoms with Crippen LogP contribution in [0.15, 0.2) is 18.2 Å². The first-order chi connectivity index (χ1) is 10.0. The lowest BCUT2D eigenvalue weighted by atomic mass is 10.0. The summed E-state index contributed by atoms with van der Waals surface area (Å²) in [6, 6.07) is 4.53. The van der Waals surface area contributed by atoms with E-state index >= 15 is 0 Å². The van der Waals surface area contributed by atoms with E-state index < -0.39 is 11.9 Å². The monoisotopic (exact) mass is 290 g/mol. The molecule has 0 aromatic heterocycles. The lowest BCUT2D eigenvalue weighted by molar-refractivity contribution is -0.134. The highest BCUT2D eigenvalue weighted by molar-refractivity contribution is 6.04. The number of nitrogens with one attached hydrogen (secondary N) is 2. The molecule has 2 rings (SSSR count). The Morgan fingerprint density at radius 3 is 2.81 bits per heavy atom. The van der Waals surface area contributed by atoms with E-state index in [4.69, 9.17) is 4.74 Å². The molecule has 1 heterocycles. The second kappa shape index (κ2) is 6.39. The van der Waals surface area contributed by atoms with Gasteiger partial charge < -0.3 is 10.1 Å². The van der Waals surface area contributed by atoms with Crippen molar-refractivity contribution in [3.05, 3.63) is 29.3 Å². The predicted molar refractivity (Wildman–Crippen MR) is 76.0 cm³/mol. The number of aryl methyl sites for hydroxylation is 1. The van der Waals surface area contributed by atoms with Crippen molar-refractivity contribution in [1.29, 1.82) is 0 Å². The number of carbonyl (C=O) groups is 3. The second-order valence-electron chi connectivity index (χ2n) is 4.85. The molecule has 0 aliphatic carbocycles. The van der Waals surface area contributed by atoms with Gasteiger partial charge in [0.25, 0.3) is 5.91 Å². The highest BCUT2D eigenvalue weighted by Crippen LogP contribution is 2.19. The second-order valence-corrected chi connectivity index (χ2v) is 4.85. The van der Waals surface area contributed by atoms with E-state index in [2.05, 4.69) is 10.6 Å². The molecule has 2 N–H and O–H groups in total. The minimum atomic E-state index is -0.665. The van der Waals surface area contributed by atoms with Gasteiger partial charge in [-0.05, 0) is 36.6 Å². The normalized spacial score (nSPS) is 18.1. The molecule has 3 amide bonds. The summed E-state index contributed by atoms with van der Waals surface area (Å²) in [4.78, 5) is 35.0. The predicted octanol–water partition coefficient (Wildman–Crippen LogP) is 0.793. The Balaban J connectivity index is 2.13. The average Bonchev–Trinajstić information content (AvgIpc) is 2.49. The van der Waals surface area contributed by atoms with Gasteiger partial charge in [0.1, 0.15) is 11.8 Å². The minimum absolute atomic E-state index is 0.236. The van der Waals surface area contributed by atoms with Gasteiger partial charge in [-0.15, -0.1) is 0 Å². The SMILES string of the molecule is CCc1cc(OC)ccc1C(=O)NC1CCC(=O)NC1=O. The van der Waals surface area contributed by atoms with Crippen molar-refractivity contribution < 1.29 is 19.1 Å². The number of hydrogen-bond donors (Lipinski definition) is 2. The number of imide groups is 1. The highest BCUT2D eigenvalue weighted by atomic mass is 16.5. The van der Waals surface area contributed by atoms with Crippen LogP contribution in [0, 0.1) is 0 Å². The van der Waals surface area contributed by atoms with Gasteiger partial charge in [-0.25, -0.2) is 0 Å². The Morgan fingerprint density at radius 1 is 1.43 bits per heavy atom. The van der Waals surface area contributed by atoms with Crippen molar-refractivity contribution in [3.8, 4) is 5.75 Å². The summed E-state index contributed by atoms with van der Waals surface area (Å²) in [7, 11) is 1.57. The number of rotatable bonds is 4. The lowest BCUT2D eigenvalue weighted by Crippen LogP contribution is -2.52. The number of carbonyl (C=O) groups excluding carboxylic acids is 3. The van der Waals surface area contributed by atoms with Gasteiger partial charge in [0.05, 0.1) is 7.11 Å². The largest absolute Gasteiger partial charge is 0.497 e. The molecule has 112 valence electrons. The van der Waals surface area contributed by atoms with E-state index in [1.807, 2.05) is 6.92 Å². The molecular formula is C15H18N2O4. The molecule has 21 heavy (non-hydrogen) atoms. The topological polar surface area (TPSA) is 84.5 Å². The summed E-state index contributed by atoms with van der Waals surface area (Å²) in [5.74, 6) is -0.385. The van der Waals surface area contributed by atoms with E-state index in [1.165, 1.54) is 0 Å². The maximum atomic E-state index is 12.3. The van der Waals surface area contributed by atoms with E-state index in [1.54, 1.807) is 25.3 Å². The van der Waals surface area contributed by atoms with Crippen molar-refractivity contribution in [2.24, 2.45) is 0 Å². The number of methoxy groups -OCH3 is 1. The molecule has 1 aromatic carbocycles. The quantitative estimate of drug-likeness (QED) is 0.803. The Morgan fingerprint density at radius 2 is 2.19 bits per heavy atom. The van der Waals surface area contributed by atoms with Gasteiger partial charge in [-0.3, -0.25) is 19.7 Å². The van der Waals surface area contributed by atoms with Crippen LogP contribution in [0.1, 0.15) is 35.7 Å². The number of amides is 3. The maximum absolute atomic E-state index is 12.3. The van der Waals surface area contributed by atoms with Gasteiger partial charge in [0.2, 0.25) is 11.8 Å². The molecule has 0 spiro atoms. The standard InChI is InChI=1S/C15H18N2O4/c1-3-9-8-10(21-2)4-5-11(9)14(19)16-12-6-7-13(18)17-15(12)20/h4-5,8,12H,3,6-7H2,1-2H3,(H,16,19)(H,17,18,20). The Labute approximate surface area is 122 Å². The van der Waals surface area contributed by atoms with Gasteiger partial charge >= 0.3 is 0 Å². The van der Waals surface area contributed by atoms with Crippen LogP contribution in [0.5, 0.6) is 5.75 Å². The summed E-state index contributed by atoms with van der Waals surface area (Å²) < 4.78 is 5.14. The fraction of sp³-hybridized carbons (Fsp3) is 0.400. The first kappa shape index (κ1) is 15.0. The van der Waals surface area contributed by atoms with Gasteiger partial charge in [0, 0.05) is 12.0 Å². The maximum Gasteiger partial charge on any atom is 0.252 e. The minimum Gasteiger partial charge on any atom is -0.497 e. The van der Waals surface area contributed by atoms with E-state index in [9.17, 15) is 14.4 Å². The summed E-state index contributed by atoms with van der Waals surface area (Å²) in [6.07, 6.45) is 1.24. The first-order valence-electron chi connectivity index (χ1n) is 6.86. The molecule has 6 heteroatoms. The van der Waals surface area contributed by atoms with Crippen LogP contribution in [0.2, 0.25) is 0 Å². The molecule has 0 bridgehead atoms. The van der Waals surface area contributed by atoms with E-state index in [0.29, 0.717) is 24.2 Å². The van der Waals surface area contributed by atoms with Crippen molar-refractivity contribution in [1.82, 2.24) is 10.6 Å². The van der Waals surface area contributed by atoms with Gasteiger partial charge in [-0.1, -0.05) is 6.92 Å². The summed E-state index contributed by atoms with van der Waals surface area (Å²) in [5, 5.41) is 4.89. The Hall–Kier alpha value is -2.37. The summed E-state index contributed by atoms with van der Waals surface area (Å²) in [5.41, 5.74) is 1.36. The molecule has 1 atom stereocenters. The molecule has 6 nitrogen and oxygen atoms in total. The van der Waals surface area contributed by atoms with Crippen LogP contribution >= 0.6 is 0 Å². The smallest absolute Gasteiger partial charge is 0.252 e. The molecule has 1 fully saturated rings. The van der Waals surface area contributed by atoms with Crippen molar-refractivity contribution in [2.75, 3.05) is 7.11 Å². The molecule has 0 radical (unpaired) electrons. The van der Waals surface area contributed by atoms with Gasteiger partial charge in [0.15, 0.2) is 0 Å². The van der Waals surface area contributed by atoms with Crippen LogP contribution in [0.3, 0.4) is 0 Å². The zero-order valence-corrected chi connectivity index (χ0v) is 12.1. The third-order valence-electron chi connectivity index (χ3n) is 3.48. The van der Waals surface area contributed by atoms with Crippen LogP contribution in [0.25, 0.3) is 0 Å². The van der Waals surface area contributed by atoms with Crippen molar-refractivity contribution >= 4 is 17.7 Å². The molecule has 1 aliphatic rings. The highest BCUT2D eigenvalue weighted by Gasteiger charge is 2.28. The first-order valence-corrected chi connectivity index (χ1v) is 6.86. The summed E-state index contributed by atoms with van der Waals surface area (Å²) >= 11 is 0. The van der Waals surface area contributed by atoms with Crippen LogP contribution in [0.4, 0.5) is 0 Å². The average molecular weight is 290 g/mol. The van der Waals surface area contributed by atoms with Crippen LogP contribution < -0.4 is 15.4 Å². The van der Waals surface area contributed by atoms with Crippen LogP contribution in [-0.4, -0.2) is 30.9 Å². The van der Waals surface area contributed by atoms with Crippen LogP contribution in [-0.2, 0) is 16.0 Å². The number of piperidine rings is 1. The molecule has 1 aliphatic heterocycles. The Bertz CT molecular complexity index is 583. The zero-order chi connectivity index (χ0) is 15.4. The number of benzene rings is 1. The lowest BCUT2D eigenvalue weighted by Gasteiger charge is -2.22. The van der Waals surface area contributed by atoms with E-state index in [-0.39, 0.29) is 18.2 Å². The third-order valence-corrected chi connectivity index (χ3v) is 3.48. The summed E-state index contributed by atoms with van der Waals surface area (Å²) in [6.45, 7) is 1.94. The fourth-order valence-electron chi connectivity index (χ4n) is 2.28. The van der Waals surface area contributed by atoms with Crippen molar-refractivity contribution in [2.45, 2.75) is 32.2 Å². The van der Waals surface area contributed by atoms with Gasteiger partial charge in [-0.2, -0.15) is 0 Å². The van der Waals surface area contributed by atoms with Crippen molar-refractivity contribution in [3.63, 3.8) is 0 Å². The molecule has 0 saturated carbocycles. The fourth-order valence-corrected chi connectivity index (χ4v) is 2.28. The number of hydrogen-bond acceptors (Lipinski definition) is 4.